The second kappa shape index (κ2) is 11.9. The molecule has 3 atom stereocenters. The van der Waals surface area contributed by atoms with Crippen LogP contribution in [-0.4, -0.2) is 30.9 Å². The van der Waals surface area contributed by atoms with Crippen LogP contribution in [0.15, 0.2) is 88.7 Å². The molecule has 0 spiro atoms. The predicted octanol–water partition coefficient (Wildman–Crippen LogP) is 6.07. The Kier molecular flexibility index (Phi) is 8.28. The van der Waals surface area contributed by atoms with Gasteiger partial charge in [0.2, 0.25) is 0 Å². The summed E-state index contributed by atoms with van der Waals surface area (Å²) in [6.07, 6.45) is 0.204. The van der Waals surface area contributed by atoms with E-state index >= 15 is 0 Å². The van der Waals surface area contributed by atoms with Crippen molar-refractivity contribution in [1.29, 1.82) is 0 Å². The van der Waals surface area contributed by atoms with E-state index in [0.29, 0.717) is 22.0 Å². The highest BCUT2D eigenvalue weighted by molar-refractivity contribution is 7.10. The lowest BCUT2D eigenvalue weighted by Gasteiger charge is -2.43. The number of benzene rings is 2. The van der Waals surface area contributed by atoms with E-state index in [0.717, 1.165) is 4.88 Å². The number of nitrogens with zero attached hydrogens (tertiary/aromatic N) is 1. The molecule has 212 valence electrons. The Bertz CT molecular complexity index is 1570. The molecule has 41 heavy (non-hydrogen) atoms. The van der Waals surface area contributed by atoms with E-state index in [1.165, 1.54) is 34.4 Å². The van der Waals surface area contributed by atoms with Crippen molar-refractivity contribution >= 4 is 46.3 Å². The van der Waals surface area contributed by atoms with Crippen LogP contribution in [0.3, 0.4) is 0 Å². The summed E-state index contributed by atoms with van der Waals surface area (Å²) in [5.74, 6) is -5.10. The summed E-state index contributed by atoms with van der Waals surface area (Å²) >= 11 is 7.79. The zero-order valence-corrected chi connectivity index (χ0v) is 24.0. The van der Waals surface area contributed by atoms with Crippen LogP contribution in [0.5, 0.6) is 0 Å². The number of rotatable bonds is 7. The van der Waals surface area contributed by atoms with Gasteiger partial charge in [-0.3, -0.25) is 14.5 Å². The van der Waals surface area contributed by atoms with Crippen LogP contribution >= 0.6 is 22.9 Å². The maximum atomic E-state index is 14.6. The number of allylic oxidation sites excluding steroid dienone is 2. The number of thiophene rings is 1. The molecule has 1 aliphatic heterocycles. The summed E-state index contributed by atoms with van der Waals surface area (Å²) in [6, 6.07) is 16.2. The fraction of sp³-hybridized carbons (Fsp3) is 0.258. The Morgan fingerprint density at radius 3 is 2.49 bits per heavy atom. The normalized spacial score (nSPS) is 20.6. The second-order valence-corrected chi connectivity index (χ2v) is 11.0. The Morgan fingerprint density at radius 2 is 1.83 bits per heavy atom. The number of hydrogen-bond acceptors (Lipinski definition) is 8. The zero-order valence-electron chi connectivity index (χ0n) is 22.4. The lowest BCUT2D eigenvalue weighted by molar-refractivity contribution is -0.152. The molecule has 2 aliphatic rings. The van der Waals surface area contributed by atoms with E-state index in [1.807, 2.05) is 17.5 Å². The molecule has 5 rings (SSSR count). The lowest BCUT2D eigenvalue weighted by Crippen LogP contribution is -2.46. The molecule has 0 fully saturated rings. The largest absolute Gasteiger partial charge is 0.465 e. The van der Waals surface area contributed by atoms with Crippen LogP contribution in [-0.2, 0) is 23.9 Å². The SMILES string of the molecule is CCOC(=O)C1=C(N)N(c2cccc(F)c2)C2=C(C(=O)[C@H](C(=O)OCC)[C@H](c3cccs3)C2)[C@@H]1c1cccc(Cl)c1. The standard InChI is InChI=1S/C31H28ClFN2O5S/c1-3-39-30(37)25-21(23-12-7-13-41-23)16-22-26(28(25)36)24(17-8-5-9-18(32)14-17)27(31(38)40-4-2)29(34)35(22)20-11-6-10-19(33)15-20/h5-15,21,24-25H,3-4,16,34H2,1-2H3/t21-,24-,25+/m0/s1. The molecule has 1 aromatic heterocycles. The summed E-state index contributed by atoms with van der Waals surface area (Å²) in [5, 5.41) is 2.26. The minimum absolute atomic E-state index is 0.00246. The quantitative estimate of drug-likeness (QED) is 0.262. The fourth-order valence-electron chi connectivity index (χ4n) is 5.64. The summed E-state index contributed by atoms with van der Waals surface area (Å²) < 4.78 is 25.3. The number of carbonyl (C=O) groups is 3. The number of hydrogen-bond donors (Lipinski definition) is 1. The van der Waals surface area contributed by atoms with Crippen molar-refractivity contribution in [3.05, 3.63) is 110 Å². The molecular formula is C31H28ClFN2O5S. The third-order valence-electron chi connectivity index (χ3n) is 7.23. The maximum absolute atomic E-state index is 14.6. The molecule has 7 nitrogen and oxygen atoms in total. The van der Waals surface area contributed by atoms with Gasteiger partial charge in [-0.2, -0.15) is 0 Å². The van der Waals surface area contributed by atoms with E-state index in [2.05, 4.69) is 0 Å². The zero-order chi connectivity index (χ0) is 29.3. The number of anilines is 1. The van der Waals surface area contributed by atoms with Crippen LogP contribution < -0.4 is 10.6 Å². The number of carbonyl (C=O) groups excluding carboxylic acids is 3. The van der Waals surface area contributed by atoms with Crippen LogP contribution in [0.1, 0.15) is 42.5 Å². The molecule has 0 bridgehead atoms. The van der Waals surface area contributed by atoms with Crippen molar-refractivity contribution in [3.8, 4) is 0 Å². The average molecular weight is 595 g/mol. The molecule has 1 aliphatic carbocycles. The van der Waals surface area contributed by atoms with Gasteiger partial charge in [0.05, 0.1) is 30.4 Å². The monoisotopic (exact) mass is 594 g/mol. The first-order chi connectivity index (χ1) is 19.8. The van der Waals surface area contributed by atoms with Crippen molar-refractivity contribution < 1.29 is 28.2 Å². The molecule has 10 heteroatoms. The van der Waals surface area contributed by atoms with Gasteiger partial charge in [-0.1, -0.05) is 35.9 Å². The molecule has 0 unspecified atom stereocenters. The average Bonchev–Trinajstić information content (AvgIpc) is 3.47. The number of nitrogens with two attached hydrogens (primary N) is 1. The van der Waals surface area contributed by atoms with Gasteiger partial charge in [0.1, 0.15) is 17.6 Å². The van der Waals surface area contributed by atoms with Crippen molar-refractivity contribution in [1.82, 2.24) is 0 Å². The van der Waals surface area contributed by atoms with Crippen LogP contribution in [0.25, 0.3) is 0 Å². The van der Waals surface area contributed by atoms with Crippen LogP contribution in [0.4, 0.5) is 10.1 Å². The molecule has 2 N–H and O–H groups in total. The Labute approximate surface area is 246 Å². The number of ether oxygens (including phenoxy) is 2. The first kappa shape index (κ1) is 28.6. The molecule has 0 saturated carbocycles. The summed E-state index contributed by atoms with van der Waals surface area (Å²) in [6.45, 7) is 3.50. The smallest absolute Gasteiger partial charge is 0.338 e. The molecule has 2 heterocycles. The highest BCUT2D eigenvalue weighted by atomic mass is 35.5. The van der Waals surface area contributed by atoms with E-state index in [4.69, 9.17) is 26.8 Å². The molecule has 3 aromatic rings. The van der Waals surface area contributed by atoms with E-state index in [1.54, 1.807) is 44.2 Å². The van der Waals surface area contributed by atoms with Gasteiger partial charge in [0.15, 0.2) is 5.78 Å². The Morgan fingerprint density at radius 1 is 1.07 bits per heavy atom. The number of halogens is 2. The number of ketones is 1. The Hall–Kier alpha value is -3.95. The fourth-order valence-corrected chi connectivity index (χ4v) is 6.70. The minimum Gasteiger partial charge on any atom is -0.465 e. The van der Waals surface area contributed by atoms with Crippen molar-refractivity contribution in [3.63, 3.8) is 0 Å². The number of Topliss-reactive ketones (excluding diaryl/α,β-unsaturated/α-hetero) is 1. The summed E-state index contributed by atoms with van der Waals surface area (Å²) in [5.41, 5.74) is 8.30. The highest BCUT2D eigenvalue weighted by Gasteiger charge is 2.51. The van der Waals surface area contributed by atoms with Crippen LogP contribution in [0, 0.1) is 11.7 Å². The molecule has 0 radical (unpaired) electrons. The van der Waals surface area contributed by atoms with Gasteiger partial charge < -0.3 is 15.2 Å². The van der Waals surface area contributed by atoms with Crippen LogP contribution in [0.2, 0.25) is 5.02 Å². The van der Waals surface area contributed by atoms with Crippen molar-refractivity contribution in [2.45, 2.75) is 32.1 Å². The van der Waals surface area contributed by atoms with Gasteiger partial charge >= 0.3 is 11.9 Å². The molecular weight excluding hydrogens is 567 g/mol. The van der Waals surface area contributed by atoms with E-state index < -0.39 is 41.3 Å². The second-order valence-electron chi connectivity index (χ2n) is 9.60. The molecule has 0 amide bonds. The van der Waals surface area contributed by atoms with E-state index in [-0.39, 0.29) is 36.6 Å². The minimum atomic E-state index is -1.16. The Balaban J connectivity index is 1.82. The highest BCUT2D eigenvalue weighted by Crippen LogP contribution is 2.52. The van der Waals surface area contributed by atoms with Gasteiger partial charge in [0, 0.05) is 27.1 Å². The van der Waals surface area contributed by atoms with Gasteiger partial charge in [0.25, 0.3) is 0 Å². The van der Waals surface area contributed by atoms with Crippen molar-refractivity contribution in [2.24, 2.45) is 11.7 Å². The van der Waals surface area contributed by atoms with E-state index in [9.17, 15) is 18.8 Å². The lowest BCUT2D eigenvalue weighted by atomic mass is 9.68. The molecule has 0 saturated heterocycles. The maximum Gasteiger partial charge on any atom is 0.338 e. The topological polar surface area (TPSA) is 98.9 Å². The molecule has 2 aromatic carbocycles. The van der Waals surface area contributed by atoms with Gasteiger partial charge in [-0.25, -0.2) is 9.18 Å². The number of esters is 2. The van der Waals surface area contributed by atoms with Gasteiger partial charge in [-0.15, -0.1) is 11.3 Å². The predicted molar refractivity (Wildman–Crippen MR) is 155 cm³/mol. The summed E-state index contributed by atoms with van der Waals surface area (Å²) in [4.78, 5) is 43.9. The third kappa shape index (κ3) is 5.27. The summed E-state index contributed by atoms with van der Waals surface area (Å²) in [7, 11) is 0. The third-order valence-corrected chi connectivity index (χ3v) is 8.47. The first-order valence-corrected chi connectivity index (χ1v) is 14.5. The first-order valence-electron chi connectivity index (χ1n) is 13.2. The van der Waals surface area contributed by atoms with Gasteiger partial charge in [-0.05, 0) is 67.6 Å². The van der Waals surface area contributed by atoms with Crippen molar-refractivity contribution in [2.75, 3.05) is 18.1 Å².